The van der Waals surface area contributed by atoms with Crippen molar-refractivity contribution in [3.8, 4) is 0 Å². The molecule has 7 heteroatoms. The van der Waals surface area contributed by atoms with Gasteiger partial charge >= 0.3 is 5.69 Å². The topological polar surface area (TPSA) is 102 Å². The number of primary amides is 1. The van der Waals surface area contributed by atoms with E-state index in [9.17, 15) is 14.9 Å². The van der Waals surface area contributed by atoms with Crippen molar-refractivity contribution < 1.29 is 9.72 Å². The van der Waals surface area contributed by atoms with E-state index in [1.165, 1.54) is 4.90 Å². The highest BCUT2D eigenvalue weighted by molar-refractivity contribution is 5.83. The Hall–Kier alpha value is -2.31. The molecule has 92 valence electrons. The fourth-order valence-electron chi connectivity index (χ4n) is 1.55. The van der Waals surface area contributed by atoms with Gasteiger partial charge in [-0.15, -0.1) is 0 Å². The number of nitro groups is 1. The van der Waals surface area contributed by atoms with Gasteiger partial charge in [-0.25, -0.2) is 0 Å². The maximum Gasteiger partial charge on any atom is 0.315 e. The number of hydrogen-bond donors (Lipinski definition) is 2. The smallest absolute Gasteiger partial charge is 0.315 e. The zero-order valence-electron chi connectivity index (χ0n) is 9.64. The molecule has 0 unspecified atom stereocenters. The first kappa shape index (κ1) is 12.8. The highest BCUT2D eigenvalue weighted by Gasteiger charge is 2.21. The number of likely N-dealkylation sites (N-methyl/N-ethyl adjacent to an activating group) is 1. The molecule has 0 aliphatic heterocycles. The first-order chi connectivity index (χ1) is 7.97. The second-order valence-corrected chi connectivity index (χ2v) is 3.50. The number of nitrogens with one attached hydrogen (secondary N) is 1. The number of nitrogens with two attached hydrogens (primary N) is 1. The minimum Gasteiger partial charge on any atom is -0.382 e. The highest BCUT2D eigenvalue weighted by Crippen LogP contribution is 2.34. The molecule has 7 nitrogen and oxygen atoms in total. The second kappa shape index (κ2) is 5.15. The third-order valence-electron chi connectivity index (χ3n) is 2.27. The molecule has 1 rings (SSSR count). The number of para-hydroxylation sites is 1. The molecule has 0 fully saturated rings. The average molecular weight is 238 g/mol. The largest absolute Gasteiger partial charge is 0.382 e. The van der Waals surface area contributed by atoms with Crippen LogP contribution in [0.15, 0.2) is 18.2 Å². The van der Waals surface area contributed by atoms with Gasteiger partial charge in [-0.05, 0) is 12.1 Å². The van der Waals surface area contributed by atoms with E-state index in [1.54, 1.807) is 32.3 Å². The van der Waals surface area contributed by atoms with Gasteiger partial charge in [0.1, 0.15) is 11.4 Å². The third-order valence-corrected chi connectivity index (χ3v) is 2.27. The minimum atomic E-state index is -0.545. The summed E-state index contributed by atoms with van der Waals surface area (Å²) in [5.41, 5.74) is 5.73. The van der Waals surface area contributed by atoms with Gasteiger partial charge in [-0.1, -0.05) is 6.07 Å². The van der Waals surface area contributed by atoms with Crippen LogP contribution >= 0.6 is 0 Å². The zero-order chi connectivity index (χ0) is 13.0. The van der Waals surface area contributed by atoms with Crippen molar-refractivity contribution in [2.75, 3.05) is 30.9 Å². The second-order valence-electron chi connectivity index (χ2n) is 3.50. The van der Waals surface area contributed by atoms with Crippen LogP contribution < -0.4 is 16.0 Å². The average Bonchev–Trinajstić information content (AvgIpc) is 2.26. The van der Waals surface area contributed by atoms with Crippen molar-refractivity contribution in [1.29, 1.82) is 0 Å². The number of amides is 1. The predicted molar refractivity (Wildman–Crippen MR) is 65.1 cm³/mol. The molecule has 0 spiro atoms. The maximum atomic E-state index is 11.0. The number of anilines is 2. The standard InChI is InChI=1S/C10H14N4O3/c1-12-7-4-3-5-8(10(7)14(16)17)13(2)6-9(11)15/h3-5,12H,6H2,1-2H3,(H2,11,15). The number of carbonyl (C=O) groups excluding carboxylic acids is 1. The van der Waals surface area contributed by atoms with Crippen LogP contribution in [0.5, 0.6) is 0 Å². The lowest BCUT2D eigenvalue weighted by Crippen LogP contribution is -2.31. The lowest BCUT2D eigenvalue weighted by atomic mass is 10.2. The third kappa shape index (κ3) is 2.83. The Labute approximate surface area is 98.4 Å². The molecule has 0 aromatic heterocycles. The van der Waals surface area contributed by atoms with Gasteiger partial charge in [-0.2, -0.15) is 0 Å². The Balaban J connectivity index is 3.22. The van der Waals surface area contributed by atoms with Crippen molar-refractivity contribution in [2.24, 2.45) is 5.73 Å². The van der Waals surface area contributed by atoms with E-state index in [0.29, 0.717) is 11.4 Å². The van der Waals surface area contributed by atoms with E-state index < -0.39 is 10.8 Å². The Morgan fingerprint density at radius 3 is 2.71 bits per heavy atom. The van der Waals surface area contributed by atoms with Gasteiger partial charge in [0.15, 0.2) is 0 Å². The molecule has 0 radical (unpaired) electrons. The molecule has 0 saturated carbocycles. The number of rotatable bonds is 5. The van der Waals surface area contributed by atoms with E-state index in [4.69, 9.17) is 5.73 Å². The van der Waals surface area contributed by atoms with Crippen molar-refractivity contribution in [2.45, 2.75) is 0 Å². The summed E-state index contributed by atoms with van der Waals surface area (Å²) in [4.78, 5) is 22.8. The van der Waals surface area contributed by atoms with Gasteiger partial charge in [0.05, 0.1) is 11.5 Å². The fraction of sp³-hybridized carbons (Fsp3) is 0.300. The number of carbonyl (C=O) groups is 1. The first-order valence-corrected chi connectivity index (χ1v) is 4.92. The van der Waals surface area contributed by atoms with Gasteiger partial charge in [-0.3, -0.25) is 14.9 Å². The number of hydrogen-bond acceptors (Lipinski definition) is 5. The zero-order valence-corrected chi connectivity index (χ0v) is 9.64. The quantitative estimate of drug-likeness (QED) is 0.576. The molecule has 1 aromatic rings. The van der Waals surface area contributed by atoms with Gasteiger partial charge in [0, 0.05) is 14.1 Å². The maximum absolute atomic E-state index is 11.0. The molecule has 0 aliphatic rings. The van der Waals surface area contributed by atoms with E-state index in [2.05, 4.69) is 5.32 Å². The summed E-state index contributed by atoms with van der Waals surface area (Å²) in [5.74, 6) is -0.545. The Morgan fingerprint density at radius 1 is 1.59 bits per heavy atom. The van der Waals surface area contributed by atoms with Crippen LogP contribution in [0, 0.1) is 10.1 Å². The minimum absolute atomic E-state index is 0.0706. The normalized spacial score (nSPS) is 9.76. The van der Waals surface area contributed by atoms with Crippen molar-refractivity contribution in [3.63, 3.8) is 0 Å². The number of nitro benzene ring substituents is 1. The molecule has 3 N–H and O–H groups in total. The molecular formula is C10H14N4O3. The molecular weight excluding hydrogens is 224 g/mol. The molecule has 0 atom stereocenters. The molecule has 0 heterocycles. The monoisotopic (exact) mass is 238 g/mol. The van der Waals surface area contributed by atoms with Gasteiger partial charge in [0.2, 0.25) is 5.91 Å². The van der Waals surface area contributed by atoms with E-state index in [1.807, 2.05) is 0 Å². The van der Waals surface area contributed by atoms with Crippen molar-refractivity contribution in [1.82, 2.24) is 0 Å². The molecule has 0 aliphatic carbocycles. The summed E-state index contributed by atoms with van der Waals surface area (Å²) < 4.78 is 0. The summed E-state index contributed by atoms with van der Waals surface area (Å²) in [6, 6.07) is 4.84. The van der Waals surface area contributed by atoms with E-state index >= 15 is 0 Å². The molecule has 0 saturated heterocycles. The molecule has 1 amide bonds. The van der Waals surface area contributed by atoms with Crippen LogP contribution in [0.2, 0.25) is 0 Å². The van der Waals surface area contributed by atoms with E-state index in [0.717, 1.165) is 0 Å². The Kier molecular flexibility index (Phi) is 3.86. The van der Waals surface area contributed by atoms with Crippen molar-refractivity contribution >= 4 is 23.0 Å². The number of benzene rings is 1. The van der Waals surface area contributed by atoms with Crippen LogP contribution in [0.25, 0.3) is 0 Å². The first-order valence-electron chi connectivity index (χ1n) is 4.92. The van der Waals surface area contributed by atoms with Crippen LogP contribution in [-0.4, -0.2) is 31.5 Å². The predicted octanol–water partition coefficient (Wildman–Crippen LogP) is 0.558. The van der Waals surface area contributed by atoms with Gasteiger partial charge in [0.25, 0.3) is 0 Å². The molecule has 17 heavy (non-hydrogen) atoms. The van der Waals surface area contributed by atoms with Crippen LogP contribution in [0.4, 0.5) is 17.1 Å². The SMILES string of the molecule is CNc1cccc(N(C)CC(N)=O)c1[N+](=O)[O-]. The Morgan fingerprint density at radius 2 is 2.24 bits per heavy atom. The summed E-state index contributed by atoms with van der Waals surface area (Å²) in [7, 11) is 3.17. The summed E-state index contributed by atoms with van der Waals surface area (Å²) in [6.07, 6.45) is 0. The fourth-order valence-corrected chi connectivity index (χ4v) is 1.55. The highest BCUT2D eigenvalue weighted by atomic mass is 16.6. The summed E-state index contributed by atoms with van der Waals surface area (Å²) >= 11 is 0. The molecule has 1 aromatic carbocycles. The Bertz CT molecular complexity index is 447. The van der Waals surface area contributed by atoms with Crippen molar-refractivity contribution in [3.05, 3.63) is 28.3 Å². The van der Waals surface area contributed by atoms with Crippen LogP contribution in [0.3, 0.4) is 0 Å². The lowest BCUT2D eigenvalue weighted by Gasteiger charge is -2.18. The lowest BCUT2D eigenvalue weighted by molar-refractivity contribution is -0.383. The summed E-state index contributed by atoms with van der Waals surface area (Å²) in [5, 5.41) is 13.8. The van der Waals surface area contributed by atoms with Gasteiger partial charge < -0.3 is 16.0 Å². The summed E-state index contributed by atoms with van der Waals surface area (Å²) in [6.45, 7) is -0.0754. The molecule has 0 bridgehead atoms. The van der Waals surface area contributed by atoms with Crippen LogP contribution in [-0.2, 0) is 4.79 Å². The number of nitrogens with zero attached hydrogens (tertiary/aromatic N) is 2. The van der Waals surface area contributed by atoms with E-state index in [-0.39, 0.29) is 12.2 Å². The van der Waals surface area contributed by atoms with Crippen LogP contribution in [0.1, 0.15) is 0 Å².